The Bertz CT molecular complexity index is 1530. The van der Waals surface area contributed by atoms with Gasteiger partial charge in [0, 0.05) is 49.8 Å². The van der Waals surface area contributed by atoms with Crippen molar-refractivity contribution < 1.29 is 31.1 Å². The van der Waals surface area contributed by atoms with Crippen LogP contribution in [-0.4, -0.2) is 21.9 Å². The van der Waals surface area contributed by atoms with E-state index in [-0.39, 0.29) is 52.4 Å². The topological polar surface area (TPSA) is 42.3 Å². The molecule has 2 heterocycles. The highest BCUT2D eigenvalue weighted by molar-refractivity contribution is 5.90. The van der Waals surface area contributed by atoms with Gasteiger partial charge in [-0.05, 0) is 43.2 Å². The minimum atomic E-state index is -1.01. The second-order valence-electron chi connectivity index (χ2n) is 10.5. The third-order valence-electron chi connectivity index (χ3n) is 7.14. The fraction of sp³-hybridized carbons (Fsp3) is 0.375. The number of amides is 1. The lowest BCUT2D eigenvalue weighted by Gasteiger charge is -2.33. The van der Waals surface area contributed by atoms with Crippen molar-refractivity contribution in [2.45, 2.75) is 66.8 Å². The third-order valence-corrected chi connectivity index (χ3v) is 7.14. The summed E-state index contributed by atoms with van der Waals surface area (Å²) in [5, 5.41) is 0. The lowest BCUT2D eigenvalue weighted by Crippen LogP contribution is -2.35. The molecule has 4 nitrogen and oxygen atoms in total. The van der Waals surface area contributed by atoms with Crippen molar-refractivity contribution in [1.82, 2.24) is 9.47 Å². The molecule has 0 spiro atoms. The fourth-order valence-electron chi connectivity index (χ4n) is 5.18. The van der Waals surface area contributed by atoms with E-state index in [4.69, 9.17) is 0 Å². The molecule has 0 bridgehead atoms. The molecule has 0 saturated carbocycles. The number of rotatable bonds is 6. The number of hydrogen-bond acceptors (Lipinski definition) is 2. The third kappa shape index (κ3) is 6.63. The summed E-state index contributed by atoms with van der Waals surface area (Å²) >= 11 is 0. The maximum absolute atomic E-state index is 14.1. The Balaban J connectivity index is 0.000000230. The smallest absolute Gasteiger partial charge is 0.251 e. The van der Waals surface area contributed by atoms with E-state index in [2.05, 4.69) is 0 Å². The van der Waals surface area contributed by atoms with Crippen molar-refractivity contribution in [2.75, 3.05) is 6.54 Å². The molecule has 0 unspecified atom stereocenters. The van der Waals surface area contributed by atoms with Crippen LogP contribution in [0, 0.1) is 40.8 Å². The number of allylic oxidation sites excluding steroid dienone is 1. The van der Waals surface area contributed by atoms with Crippen LogP contribution in [0.5, 0.6) is 0 Å². The number of benzene rings is 2. The van der Waals surface area contributed by atoms with Gasteiger partial charge in [0.25, 0.3) is 5.56 Å². The first-order chi connectivity index (χ1) is 19.7. The molecule has 0 radical (unpaired) electrons. The van der Waals surface area contributed by atoms with Crippen molar-refractivity contribution in [3.8, 4) is 11.3 Å². The largest absolute Gasteiger partial charge is 0.312 e. The first-order valence-corrected chi connectivity index (χ1v) is 13.8. The van der Waals surface area contributed by atoms with E-state index in [1.165, 1.54) is 15.5 Å². The predicted molar refractivity (Wildman–Crippen MR) is 150 cm³/mol. The lowest BCUT2D eigenvalue weighted by molar-refractivity contribution is -0.128. The van der Waals surface area contributed by atoms with E-state index in [1.807, 2.05) is 27.7 Å². The van der Waals surface area contributed by atoms with Gasteiger partial charge in [0.15, 0.2) is 0 Å². The predicted octanol–water partition coefficient (Wildman–Crippen LogP) is 8.19. The van der Waals surface area contributed by atoms with E-state index >= 15 is 0 Å². The van der Waals surface area contributed by atoms with Gasteiger partial charge < -0.3 is 9.47 Å². The highest BCUT2D eigenvalue weighted by Gasteiger charge is 2.31. The summed E-state index contributed by atoms with van der Waals surface area (Å²) in [5.74, 6) is -6.09. The minimum absolute atomic E-state index is 0.0396. The second kappa shape index (κ2) is 13.4. The summed E-state index contributed by atoms with van der Waals surface area (Å²) in [4.78, 5) is 25.4. The molecule has 1 amide bonds. The first kappa shape index (κ1) is 32.7. The molecule has 0 aliphatic carbocycles. The van der Waals surface area contributed by atoms with E-state index in [0.717, 1.165) is 5.57 Å². The second-order valence-corrected chi connectivity index (χ2v) is 10.5. The molecule has 3 aromatic rings. The van der Waals surface area contributed by atoms with Gasteiger partial charge in [-0.15, -0.1) is 0 Å². The Morgan fingerprint density at radius 3 is 1.62 bits per heavy atom. The number of pyridine rings is 1. The highest BCUT2D eigenvalue weighted by Crippen LogP contribution is 2.37. The van der Waals surface area contributed by atoms with Crippen LogP contribution < -0.4 is 5.56 Å². The molecular formula is C32H34F6N2O2. The fourth-order valence-corrected chi connectivity index (χ4v) is 5.18. The van der Waals surface area contributed by atoms with Gasteiger partial charge in [0.05, 0.1) is 22.5 Å². The van der Waals surface area contributed by atoms with Crippen molar-refractivity contribution in [3.63, 3.8) is 0 Å². The van der Waals surface area contributed by atoms with Gasteiger partial charge in [0.1, 0.15) is 34.9 Å². The van der Waals surface area contributed by atoms with Crippen LogP contribution in [0.3, 0.4) is 0 Å². The maximum Gasteiger partial charge on any atom is 0.251 e. The molecule has 0 atom stereocenters. The number of carbonyl (C=O) groups excluding carboxylic acids is 1. The number of aromatic nitrogens is 1. The van der Waals surface area contributed by atoms with Crippen LogP contribution in [0.25, 0.3) is 17.0 Å². The Labute approximate surface area is 241 Å². The average Bonchev–Trinajstić information content (AvgIpc) is 2.88. The number of halogens is 6. The zero-order chi connectivity index (χ0) is 31.5. The molecule has 1 aliphatic rings. The van der Waals surface area contributed by atoms with Gasteiger partial charge in [-0.25, -0.2) is 26.3 Å². The van der Waals surface area contributed by atoms with Crippen LogP contribution in [0.1, 0.15) is 71.4 Å². The number of nitrogens with zero attached hydrogens (tertiary/aromatic N) is 2. The number of hydrogen-bond donors (Lipinski definition) is 0. The zero-order valence-corrected chi connectivity index (χ0v) is 24.4. The molecule has 0 N–H and O–H groups in total. The summed E-state index contributed by atoms with van der Waals surface area (Å²) in [5.41, 5.74) is 0.880. The van der Waals surface area contributed by atoms with Crippen LogP contribution in [0.4, 0.5) is 26.3 Å². The summed E-state index contributed by atoms with van der Waals surface area (Å²) in [6.45, 7) is 11.6. The van der Waals surface area contributed by atoms with Crippen molar-refractivity contribution in [3.05, 3.63) is 98.4 Å². The van der Waals surface area contributed by atoms with E-state index in [1.54, 1.807) is 19.9 Å². The number of carbonyl (C=O) groups is 1. The summed E-state index contributed by atoms with van der Waals surface area (Å²) in [7, 11) is 0. The van der Waals surface area contributed by atoms with E-state index < -0.39 is 34.9 Å². The van der Waals surface area contributed by atoms with Gasteiger partial charge in [0.2, 0.25) is 5.91 Å². The van der Waals surface area contributed by atoms with Crippen LogP contribution in [0.15, 0.2) is 46.8 Å². The molecule has 1 aliphatic heterocycles. The van der Waals surface area contributed by atoms with E-state index in [0.29, 0.717) is 49.2 Å². The van der Waals surface area contributed by atoms with Gasteiger partial charge >= 0.3 is 0 Å². The Hall–Kier alpha value is -3.82. The van der Waals surface area contributed by atoms with Crippen molar-refractivity contribution in [2.24, 2.45) is 5.92 Å². The Morgan fingerprint density at radius 1 is 0.690 bits per heavy atom. The normalized spacial score (nSPS) is 13.7. The standard InChI is InChI=1S/C16H18F3NO.C16H16F3NO/c2*1-4-20-14(21)6-5-11(9(2)3)16(20)15-12(18)7-10(17)8-13(15)19/h7-9H,4-6H2,1-3H3;5-9H,4H2,1-3H3. The maximum atomic E-state index is 14.1. The molecule has 0 saturated heterocycles. The highest BCUT2D eigenvalue weighted by atomic mass is 19.2. The molecule has 226 valence electrons. The minimum Gasteiger partial charge on any atom is -0.312 e. The van der Waals surface area contributed by atoms with Crippen molar-refractivity contribution >= 4 is 11.6 Å². The average molecular weight is 593 g/mol. The van der Waals surface area contributed by atoms with Crippen LogP contribution in [-0.2, 0) is 11.3 Å². The van der Waals surface area contributed by atoms with Gasteiger partial charge in [-0.3, -0.25) is 9.59 Å². The van der Waals surface area contributed by atoms with E-state index in [9.17, 15) is 35.9 Å². The van der Waals surface area contributed by atoms with Crippen LogP contribution in [0.2, 0.25) is 0 Å². The Morgan fingerprint density at radius 2 is 1.19 bits per heavy atom. The monoisotopic (exact) mass is 592 g/mol. The molecule has 1 aromatic heterocycles. The summed E-state index contributed by atoms with van der Waals surface area (Å²) in [6.07, 6.45) is 0.799. The summed E-state index contributed by atoms with van der Waals surface area (Å²) in [6, 6.07) is 5.49. The van der Waals surface area contributed by atoms with Gasteiger partial charge in [-0.2, -0.15) is 0 Å². The molecule has 42 heavy (non-hydrogen) atoms. The Kier molecular flexibility index (Phi) is 10.5. The molecule has 2 aromatic carbocycles. The molecule has 0 fully saturated rings. The lowest BCUT2D eigenvalue weighted by atomic mass is 9.89. The SMILES string of the molecule is CCN1C(=O)CCC(C(C)C)=C1c1c(F)cc(F)cc1F.CCn1c(-c2c(F)cc(F)cc2F)c(C(C)C)ccc1=O. The first-order valence-electron chi connectivity index (χ1n) is 13.8. The summed E-state index contributed by atoms with van der Waals surface area (Å²) < 4.78 is 83.9. The van der Waals surface area contributed by atoms with Gasteiger partial charge in [-0.1, -0.05) is 33.8 Å². The zero-order valence-electron chi connectivity index (χ0n) is 24.4. The molecule has 4 rings (SSSR count). The molecular weight excluding hydrogens is 558 g/mol. The van der Waals surface area contributed by atoms with Crippen LogP contribution >= 0.6 is 0 Å². The molecule has 10 heteroatoms. The van der Waals surface area contributed by atoms with Crippen molar-refractivity contribution in [1.29, 1.82) is 0 Å². The quantitative estimate of drug-likeness (QED) is 0.271.